The van der Waals surface area contributed by atoms with E-state index in [1.165, 1.54) is 0 Å². The van der Waals surface area contributed by atoms with Gasteiger partial charge in [0.25, 0.3) is 0 Å². The van der Waals surface area contributed by atoms with Gasteiger partial charge in [0.1, 0.15) is 17.6 Å². The second kappa shape index (κ2) is 7.44. The fourth-order valence-electron chi connectivity index (χ4n) is 3.53. The first-order chi connectivity index (χ1) is 13.6. The van der Waals surface area contributed by atoms with Crippen molar-refractivity contribution < 1.29 is 14.3 Å². The zero-order valence-corrected chi connectivity index (χ0v) is 15.8. The number of carbonyl (C=O) groups is 1. The lowest BCUT2D eigenvalue weighted by atomic mass is 10.1. The topological polar surface area (TPSA) is 99.4 Å². The molecular weight excluding hydrogens is 356 g/mol. The van der Waals surface area contributed by atoms with Crippen molar-refractivity contribution in [2.75, 3.05) is 13.7 Å². The highest BCUT2D eigenvalue weighted by molar-refractivity contribution is 5.91. The van der Waals surface area contributed by atoms with Crippen LogP contribution in [0, 0.1) is 6.92 Å². The van der Waals surface area contributed by atoms with Gasteiger partial charge in [-0.25, -0.2) is 4.98 Å². The van der Waals surface area contributed by atoms with Crippen molar-refractivity contribution in [3.05, 3.63) is 48.2 Å². The third kappa shape index (κ3) is 3.36. The van der Waals surface area contributed by atoms with E-state index in [1.54, 1.807) is 13.3 Å². The van der Waals surface area contributed by atoms with Crippen LogP contribution in [0.25, 0.3) is 22.3 Å². The zero-order valence-electron chi connectivity index (χ0n) is 15.8. The molecular formula is C21H22N4O3. The second-order valence-corrected chi connectivity index (χ2v) is 6.85. The minimum absolute atomic E-state index is 0.151. The van der Waals surface area contributed by atoms with Crippen LogP contribution < -0.4 is 20.5 Å². The average molecular weight is 378 g/mol. The first-order valence-corrected chi connectivity index (χ1v) is 9.16. The Labute approximate surface area is 162 Å². The van der Waals surface area contributed by atoms with Crippen molar-refractivity contribution in [3.8, 4) is 22.9 Å². The summed E-state index contributed by atoms with van der Waals surface area (Å²) in [6, 6.07) is 11.1. The SMILES string of the molecule is COc1ccc2c(OC3CNC(C(N)=O)C3)cc(-c3ccccn3)nc2c1C. The molecule has 4 rings (SSSR count). The molecule has 1 aliphatic heterocycles. The smallest absolute Gasteiger partial charge is 0.234 e. The van der Waals surface area contributed by atoms with Crippen LogP contribution in [0.2, 0.25) is 0 Å². The summed E-state index contributed by atoms with van der Waals surface area (Å²) in [6.07, 6.45) is 2.12. The summed E-state index contributed by atoms with van der Waals surface area (Å²) in [5.41, 5.74) is 8.62. The van der Waals surface area contributed by atoms with Gasteiger partial charge >= 0.3 is 0 Å². The lowest BCUT2D eigenvalue weighted by Gasteiger charge is -2.17. The predicted octanol–water partition coefficient (Wildman–Crippen LogP) is 2.21. The maximum absolute atomic E-state index is 11.4. The van der Waals surface area contributed by atoms with Crippen LogP contribution in [0.1, 0.15) is 12.0 Å². The number of ether oxygens (including phenoxy) is 2. The van der Waals surface area contributed by atoms with Crippen LogP contribution in [0.5, 0.6) is 11.5 Å². The van der Waals surface area contributed by atoms with Gasteiger partial charge in [-0.2, -0.15) is 0 Å². The molecule has 0 saturated carbocycles. The molecule has 3 aromatic rings. The van der Waals surface area contributed by atoms with Gasteiger partial charge in [0.2, 0.25) is 5.91 Å². The zero-order chi connectivity index (χ0) is 19.7. The lowest BCUT2D eigenvalue weighted by Crippen LogP contribution is -2.36. The monoisotopic (exact) mass is 378 g/mol. The predicted molar refractivity (Wildman–Crippen MR) is 106 cm³/mol. The normalized spacial score (nSPS) is 18.9. The van der Waals surface area contributed by atoms with Gasteiger partial charge in [0.05, 0.1) is 30.1 Å². The molecule has 2 aromatic heterocycles. The number of benzene rings is 1. The van der Waals surface area contributed by atoms with Crippen molar-refractivity contribution in [2.45, 2.75) is 25.5 Å². The van der Waals surface area contributed by atoms with Crippen molar-refractivity contribution >= 4 is 16.8 Å². The molecule has 0 aliphatic carbocycles. The molecule has 2 unspecified atom stereocenters. The van der Waals surface area contributed by atoms with E-state index in [0.717, 1.165) is 33.6 Å². The maximum Gasteiger partial charge on any atom is 0.234 e. The lowest BCUT2D eigenvalue weighted by molar-refractivity contribution is -0.119. The number of primary amides is 1. The van der Waals surface area contributed by atoms with E-state index in [4.69, 9.17) is 20.2 Å². The van der Waals surface area contributed by atoms with Crippen molar-refractivity contribution in [1.29, 1.82) is 0 Å². The highest BCUT2D eigenvalue weighted by atomic mass is 16.5. The number of amides is 1. The van der Waals surface area contributed by atoms with E-state index in [2.05, 4.69) is 10.3 Å². The van der Waals surface area contributed by atoms with Gasteiger partial charge in [0, 0.05) is 36.2 Å². The van der Waals surface area contributed by atoms with E-state index < -0.39 is 0 Å². The van der Waals surface area contributed by atoms with Crippen molar-refractivity contribution in [1.82, 2.24) is 15.3 Å². The van der Waals surface area contributed by atoms with E-state index in [1.807, 2.05) is 43.3 Å². The molecule has 0 spiro atoms. The number of rotatable bonds is 5. The Bertz CT molecular complexity index is 1020. The summed E-state index contributed by atoms with van der Waals surface area (Å²) in [6.45, 7) is 2.53. The third-order valence-corrected chi connectivity index (χ3v) is 5.02. The number of nitrogens with one attached hydrogen (secondary N) is 1. The number of hydrogen-bond donors (Lipinski definition) is 2. The van der Waals surface area contributed by atoms with Crippen LogP contribution in [0.3, 0.4) is 0 Å². The van der Waals surface area contributed by atoms with Gasteiger partial charge < -0.3 is 20.5 Å². The molecule has 144 valence electrons. The molecule has 1 aliphatic rings. The number of fused-ring (bicyclic) bond motifs is 1. The number of aryl methyl sites for hydroxylation is 1. The number of pyridine rings is 2. The molecule has 7 nitrogen and oxygen atoms in total. The van der Waals surface area contributed by atoms with Gasteiger partial charge in [-0.05, 0) is 31.2 Å². The second-order valence-electron chi connectivity index (χ2n) is 6.85. The molecule has 0 radical (unpaired) electrons. The van der Waals surface area contributed by atoms with E-state index >= 15 is 0 Å². The van der Waals surface area contributed by atoms with Crippen LogP contribution in [0.4, 0.5) is 0 Å². The first-order valence-electron chi connectivity index (χ1n) is 9.16. The molecule has 3 N–H and O–H groups in total. The molecule has 1 amide bonds. The molecule has 1 saturated heterocycles. The van der Waals surface area contributed by atoms with E-state index in [-0.39, 0.29) is 18.1 Å². The summed E-state index contributed by atoms with van der Waals surface area (Å²) in [5, 5.41) is 3.99. The van der Waals surface area contributed by atoms with Crippen LogP contribution in [0.15, 0.2) is 42.6 Å². The van der Waals surface area contributed by atoms with Crippen LogP contribution in [-0.2, 0) is 4.79 Å². The Kier molecular flexibility index (Phi) is 4.83. The Morgan fingerprint density at radius 1 is 1.21 bits per heavy atom. The fraction of sp³-hybridized carbons (Fsp3) is 0.286. The third-order valence-electron chi connectivity index (χ3n) is 5.02. The largest absolute Gasteiger partial charge is 0.496 e. The fourth-order valence-corrected chi connectivity index (χ4v) is 3.53. The molecule has 0 bridgehead atoms. The maximum atomic E-state index is 11.4. The molecule has 1 aromatic carbocycles. The minimum atomic E-state index is -0.366. The number of nitrogens with zero attached hydrogens (tertiary/aromatic N) is 2. The molecule has 7 heteroatoms. The first kappa shape index (κ1) is 18.2. The van der Waals surface area contributed by atoms with Gasteiger partial charge in [-0.3, -0.25) is 9.78 Å². The van der Waals surface area contributed by atoms with Gasteiger partial charge in [-0.1, -0.05) is 6.07 Å². The standard InChI is InChI=1S/C21H22N4O3/c1-12-18(27-2)7-6-14-19(28-13-9-17(21(22)26)24-11-13)10-16(25-20(12)14)15-5-3-4-8-23-15/h3-8,10,13,17,24H,9,11H2,1-2H3,(H2,22,26). The van der Waals surface area contributed by atoms with Crippen LogP contribution >= 0.6 is 0 Å². The summed E-state index contributed by atoms with van der Waals surface area (Å²) >= 11 is 0. The summed E-state index contributed by atoms with van der Waals surface area (Å²) in [7, 11) is 1.64. The number of aromatic nitrogens is 2. The van der Waals surface area contributed by atoms with E-state index in [9.17, 15) is 4.79 Å². The summed E-state index contributed by atoms with van der Waals surface area (Å²) in [5.74, 6) is 1.11. The average Bonchev–Trinajstić information content (AvgIpc) is 3.18. The Morgan fingerprint density at radius 3 is 2.75 bits per heavy atom. The number of nitrogens with two attached hydrogens (primary N) is 1. The molecule has 1 fully saturated rings. The van der Waals surface area contributed by atoms with Crippen LogP contribution in [-0.4, -0.2) is 41.7 Å². The van der Waals surface area contributed by atoms with Crippen molar-refractivity contribution in [2.24, 2.45) is 5.73 Å². The quantitative estimate of drug-likeness (QED) is 0.706. The minimum Gasteiger partial charge on any atom is -0.496 e. The van der Waals surface area contributed by atoms with E-state index in [0.29, 0.717) is 18.7 Å². The Hall–Kier alpha value is -3.19. The van der Waals surface area contributed by atoms with Crippen molar-refractivity contribution in [3.63, 3.8) is 0 Å². The highest BCUT2D eigenvalue weighted by Crippen LogP contribution is 2.35. The number of hydrogen-bond acceptors (Lipinski definition) is 6. The van der Waals surface area contributed by atoms with Gasteiger partial charge in [0.15, 0.2) is 0 Å². The number of methoxy groups -OCH3 is 1. The molecule has 3 heterocycles. The molecule has 2 atom stereocenters. The Balaban J connectivity index is 1.80. The Morgan fingerprint density at radius 2 is 2.07 bits per heavy atom. The molecule has 28 heavy (non-hydrogen) atoms. The summed E-state index contributed by atoms with van der Waals surface area (Å²) < 4.78 is 11.7. The van der Waals surface area contributed by atoms with Gasteiger partial charge in [-0.15, -0.1) is 0 Å². The summed E-state index contributed by atoms with van der Waals surface area (Å²) in [4.78, 5) is 20.7. The number of carbonyl (C=O) groups excluding carboxylic acids is 1. The highest BCUT2D eigenvalue weighted by Gasteiger charge is 2.29.